The number of rotatable bonds is 5. The van der Waals surface area contributed by atoms with Gasteiger partial charge in [-0.1, -0.05) is 0 Å². The third-order valence-electron chi connectivity index (χ3n) is 1.18. The van der Waals surface area contributed by atoms with Crippen LogP contribution < -0.4 is 5.32 Å². The molecule has 0 aliphatic carbocycles. The maximum absolute atomic E-state index is 10.7. The number of nitrogens with zero attached hydrogens (tertiary/aromatic N) is 1. The molecule has 1 amide bonds. The number of carbonyl (C=O) groups is 2. The lowest BCUT2D eigenvalue weighted by molar-refractivity contribution is -0.150. The molecule has 0 aromatic rings. The average molecular weight is 186 g/mol. The Kier molecular flexibility index (Phi) is 5.23. The van der Waals surface area contributed by atoms with Gasteiger partial charge in [0.25, 0.3) is 0 Å². The molecule has 6 heteroatoms. The predicted octanol–water partition coefficient (Wildman–Crippen LogP) is -0.884. The summed E-state index contributed by atoms with van der Waals surface area (Å²) in [5.41, 5.74) is 0. The van der Waals surface area contributed by atoms with Gasteiger partial charge in [0.05, 0.1) is 6.07 Å². The molecule has 0 saturated carbocycles. The van der Waals surface area contributed by atoms with Crippen molar-refractivity contribution in [2.24, 2.45) is 0 Å². The van der Waals surface area contributed by atoms with Crippen molar-refractivity contribution >= 4 is 11.9 Å². The minimum Gasteiger partial charge on any atom is -0.479 e. The van der Waals surface area contributed by atoms with Gasteiger partial charge >= 0.3 is 5.97 Å². The van der Waals surface area contributed by atoms with Crippen LogP contribution in [0.5, 0.6) is 0 Å². The van der Waals surface area contributed by atoms with Crippen LogP contribution in [0.3, 0.4) is 0 Å². The van der Waals surface area contributed by atoms with Gasteiger partial charge in [-0.25, -0.2) is 4.79 Å². The van der Waals surface area contributed by atoms with Crippen molar-refractivity contribution in [3.63, 3.8) is 0 Å². The summed E-state index contributed by atoms with van der Waals surface area (Å²) >= 11 is 0. The number of carboxylic acids is 1. The Bertz CT molecular complexity index is 233. The van der Waals surface area contributed by atoms with Crippen molar-refractivity contribution in [1.82, 2.24) is 5.32 Å². The van der Waals surface area contributed by atoms with Crippen molar-refractivity contribution in [3.8, 4) is 6.07 Å². The lowest BCUT2D eigenvalue weighted by Crippen LogP contribution is -2.31. The molecule has 2 N–H and O–H groups in total. The fraction of sp³-hybridized carbons (Fsp3) is 0.571. The summed E-state index contributed by atoms with van der Waals surface area (Å²) < 4.78 is 4.64. The molecule has 0 aliphatic rings. The van der Waals surface area contributed by atoms with Crippen LogP contribution in [-0.2, 0) is 14.3 Å². The number of carbonyl (C=O) groups excluding carboxylic acids is 1. The minimum absolute atomic E-state index is 0.107. The fourth-order valence-electron chi connectivity index (χ4n) is 0.461. The van der Waals surface area contributed by atoms with Gasteiger partial charge in [0.15, 0.2) is 6.10 Å². The van der Waals surface area contributed by atoms with Gasteiger partial charge < -0.3 is 15.2 Å². The lowest BCUT2D eigenvalue weighted by atomic mass is 10.4. The fourth-order valence-corrected chi connectivity index (χ4v) is 0.461. The molecule has 0 fully saturated rings. The number of nitrogens with one attached hydrogen (secondary N) is 1. The average Bonchev–Trinajstić information content (AvgIpc) is 2.10. The number of aliphatic carboxylic acids is 1. The molecule has 0 aromatic carbocycles. The second-order valence-electron chi connectivity index (χ2n) is 2.23. The van der Waals surface area contributed by atoms with Gasteiger partial charge in [0, 0.05) is 0 Å². The largest absolute Gasteiger partial charge is 0.479 e. The molecule has 72 valence electrons. The SMILES string of the molecule is C[C@@H](OCC(=O)NCC#N)C(=O)O. The van der Waals surface area contributed by atoms with Crippen molar-refractivity contribution in [2.45, 2.75) is 13.0 Å². The molecule has 0 bridgehead atoms. The van der Waals surface area contributed by atoms with E-state index in [0.29, 0.717) is 0 Å². The van der Waals surface area contributed by atoms with Crippen LogP contribution in [0, 0.1) is 11.3 Å². The molecule has 0 rings (SSSR count). The van der Waals surface area contributed by atoms with Crippen LogP contribution in [0.15, 0.2) is 0 Å². The second-order valence-corrected chi connectivity index (χ2v) is 2.23. The first-order chi connectivity index (χ1) is 6.07. The first kappa shape index (κ1) is 11.4. The molecule has 0 unspecified atom stereocenters. The zero-order chi connectivity index (χ0) is 10.3. The van der Waals surface area contributed by atoms with E-state index in [-0.39, 0.29) is 13.2 Å². The van der Waals surface area contributed by atoms with E-state index in [2.05, 4.69) is 10.1 Å². The van der Waals surface area contributed by atoms with Gasteiger partial charge in [0.1, 0.15) is 13.2 Å². The van der Waals surface area contributed by atoms with E-state index < -0.39 is 18.0 Å². The zero-order valence-corrected chi connectivity index (χ0v) is 7.11. The van der Waals surface area contributed by atoms with E-state index in [1.807, 2.05) is 0 Å². The van der Waals surface area contributed by atoms with Crippen molar-refractivity contribution in [1.29, 1.82) is 5.26 Å². The summed E-state index contributed by atoms with van der Waals surface area (Å²) in [5.74, 6) is -1.64. The first-order valence-corrected chi connectivity index (χ1v) is 3.56. The van der Waals surface area contributed by atoms with Crippen LogP contribution in [0.25, 0.3) is 0 Å². The summed E-state index contributed by atoms with van der Waals surface area (Å²) in [7, 11) is 0. The highest BCUT2D eigenvalue weighted by Gasteiger charge is 2.12. The number of nitriles is 1. The Morgan fingerprint density at radius 1 is 1.69 bits per heavy atom. The summed E-state index contributed by atoms with van der Waals surface area (Å²) in [6.45, 7) is 0.860. The maximum atomic E-state index is 10.7. The van der Waals surface area contributed by atoms with Crippen LogP contribution in [0.1, 0.15) is 6.92 Å². The normalized spacial score (nSPS) is 11.4. The van der Waals surface area contributed by atoms with E-state index >= 15 is 0 Å². The Labute approximate surface area is 75.1 Å². The Morgan fingerprint density at radius 3 is 2.77 bits per heavy atom. The monoisotopic (exact) mass is 186 g/mol. The van der Waals surface area contributed by atoms with Gasteiger partial charge in [-0.2, -0.15) is 5.26 Å². The standard InChI is InChI=1S/C7H10N2O4/c1-5(7(11)12)13-4-6(10)9-3-2-8/h5H,3-4H2,1H3,(H,9,10)(H,11,12)/t5-/m1/s1. The summed E-state index contributed by atoms with van der Waals surface area (Å²) in [6.07, 6.45) is -1.02. The topological polar surface area (TPSA) is 99.4 Å². The minimum atomic E-state index is -1.13. The van der Waals surface area contributed by atoms with Crippen LogP contribution in [0.2, 0.25) is 0 Å². The van der Waals surface area contributed by atoms with Crippen molar-refractivity contribution < 1.29 is 19.4 Å². The van der Waals surface area contributed by atoms with E-state index in [1.54, 1.807) is 6.07 Å². The highest BCUT2D eigenvalue weighted by Crippen LogP contribution is 1.89. The molecule has 13 heavy (non-hydrogen) atoms. The van der Waals surface area contributed by atoms with E-state index in [0.717, 1.165) is 0 Å². The molecule has 0 aliphatic heterocycles. The molecular formula is C7H10N2O4. The lowest BCUT2D eigenvalue weighted by Gasteiger charge is -2.06. The number of hydrogen-bond acceptors (Lipinski definition) is 4. The van der Waals surface area contributed by atoms with Crippen LogP contribution >= 0.6 is 0 Å². The summed E-state index contributed by atoms with van der Waals surface area (Å²) in [6, 6.07) is 1.71. The van der Waals surface area contributed by atoms with Gasteiger partial charge in [-0.05, 0) is 6.92 Å². The zero-order valence-electron chi connectivity index (χ0n) is 7.11. The number of hydrogen-bond donors (Lipinski definition) is 2. The molecular weight excluding hydrogens is 176 g/mol. The highest BCUT2D eigenvalue weighted by atomic mass is 16.5. The Morgan fingerprint density at radius 2 is 2.31 bits per heavy atom. The van der Waals surface area contributed by atoms with Crippen molar-refractivity contribution in [2.75, 3.05) is 13.2 Å². The molecule has 0 heterocycles. The quantitative estimate of drug-likeness (QED) is 0.543. The van der Waals surface area contributed by atoms with E-state index in [4.69, 9.17) is 10.4 Å². The van der Waals surface area contributed by atoms with Crippen molar-refractivity contribution in [3.05, 3.63) is 0 Å². The first-order valence-electron chi connectivity index (χ1n) is 3.56. The van der Waals surface area contributed by atoms with Gasteiger partial charge in [-0.3, -0.25) is 4.79 Å². The number of amides is 1. The number of ether oxygens (including phenoxy) is 1. The summed E-state index contributed by atoms with van der Waals surface area (Å²) in [5, 5.41) is 18.7. The molecule has 1 atom stereocenters. The molecule has 6 nitrogen and oxygen atoms in total. The number of carboxylic acid groups (broad SMARTS) is 1. The third kappa shape index (κ3) is 5.64. The highest BCUT2D eigenvalue weighted by molar-refractivity contribution is 5.78. The maximum Gasteiger partial charge on any atom is 0.332 e. The Hall–Kier alpha value is -1.61. The van der Waals surface area contributed by atoms with E-state index in [9.17, 15) is 9.59 Å². The molecule has 0 radical (unpaired) electrons. The smallest absolute Gasteiger partial charge is 0.332 e. The van der Waals surface area contributed by atoms with Crippen LogP contribution in [0.4, 0.5) is 0 Å². The molecule has 0 spiro atoms. The van der Waals surface area contributed by atoms with Gasteiger partial charge in [-0.15, -0.1) is 0 Å². The second kappa shape index (κ2) is 5.97. The summed E-state index contributed by atoms with van der Waals surface area (Å²) in [4.78, 5) is 21.0. The molecule has 0 saturated heterocycles. The third-order valence-corrected chi connectivity index (χ3v) is 1.18. The predicted molar refractivity (Wildman–Crippen MR) is 41.7 cm³/mol. The molecule has 0 aromatic heterocycles. The van der Waals surface area contributed by atoms with Crippen LogP contribution in [-0.4, -0.2) is 36.2 Å². The van der Waals surface area contributed by atoms with Gasteiger partial charge in [0.2, 0.25) is 5.91 Å². The Balaban J connectivity index is 3.59. The van der Waals surface area contributed by atoms with E-state index in [1.165, 1.54) is 6.92 Å².